The van der Waals surface area contributed by atoms with Crippen molar-refractivity contribution >= 4 is 71.2 Å². The average Bonchev–Trinajstić information content (AvgIpc) is 0.798. The summed E-state index contributed by atoms with van der Waals surface area (Å²) in [5.41, 5.74) is 19.4. The molecule has 0 saturated carbocycles. The first-order valence-corrected chi connectivity index (χ1v) is 32.4. The van der Waals surface area contributed by atoms with Gasteiger partial charge in [0.2, 0.25) is 35.7 Å². The number of nitrogens with two attached hydrogens (primary N) is 2. The van der Waals surface area contributed by atoms with Crippen LogP contribution in [0.2, 0.25) is 0 Å². The highest BCUT2D eigenvalue weighted by molar-refractivity contribution is 5.77. The summed E-state index contributed by atoms with van der Waals surface area (Å²) in [7, 11) is 0. The number of fused-ring (bicyclic) bond motifs is 8. The van der Waals surface area contributed by atoms with E-state index in [2.05, 4.69) is 114 Å². The molecule has 0 spiro atoms. The highest BCUT2D eigenvalue weighted by Gasteiger charge is 2.27. The lowest BCUT2D eigenvalue weighted by atomic mass is 9.90. The Bertz CT molecular complexity index is 3220. The van der Waals surface area contributed by atoms with E-state index in [1.807, 2.05) is 36.4 Å². The molecule has 2 heterocycles. The van der Waals surface area contributed by atoms with Crippen LogP contribution in [0.3, 0.4) is 0 Å². The zero-order chi connectivity index (χ0) is 68.0. The van der Waals surface area contributed by atoms with E-state index >= 15 is 0 Å². The smallest absolute Gasteiger partial charge is 0.407 e. The average molecular weight is 1300 g/mol. The van der Waals surface area contributed by atoms with Crippen LogP contribution in [0.25, 0.3) is 0 Å². The number of carboxylic acid groups (broad SMARTS) is 2. The van der Waals surface area contributed by atoms with Crippen LogP contribution in [0.1, 0.15) is 178 Å². The Hall–Kier alpha value is -9.62. The molecule has 0 fully saturated rings. The fourth-order valence-corrected chi connectivity index (χ4v) is 10.5. The number of aliphatic carboxylic acids is 2. The number of anilines is 8. The standard InChI is InChI=1S/C68H94N14O12/c1-11-29-89-53-41-21-19-22-42(53)34-46-38-50(74-62-78-60(70)80-64(82-62)76-52(58(85)86)26-16-18-28-72-66(88)94-68(8,9)10)40-48(56(46)92-32-14-4)36-44-24-20-23-43(54(44)90-30-12-2)35-47-39-49(37-45(33-41)55(47)91-31-13-3)73-61-77-59(69)79-63(81-61)75-51(57(83)84)25-15-17-27-71-65(87)93-67(5,6)7/h19-24,37-40,51-52H,11-18,25-36H2,1-10H3,(H,71,87)(H,72,88)(H,83,84)(H,85,86)(H4,69,73,75,77,79,81)(H4,70,74,76,78,80,82)/t51-,52-/m0/s1. The van der Waals surface area contributed by atoms with Crippen LogP contribution in [0.15, 0.2) is 60.7 Å². The van der Waals surface area contributed by atoms with E-state index in [0.29, 0.717) is 125 Å². The molecule has 0 radical (unpaired) electrons. The lowest BCUT2D eigenvalue weighted by Crippen LogP contribution is -2.33. The Morgan fingerprint density at radius 2 is 0.755 bits per heavy atom. The quantitative estimate of drug-likeness (QED) is 0.0175. The van der Waals surface area contributed by atoms with Crippen LogP contribution in [0, 0.1) is 0 Å². The number of hydrogen-bond acceptors (Lipinski definition) is 22. The van der Waals surface area contributed by atoms with Gasteiger partial charge in [-0.05, 0) is 152 Å². The maximum atomic E-state index is 12.6. The number of hydrogen-bond donors (Lipinski definition) is 10. The molecular formula is C68H94N14O12. The number of unbranched alkanes of at least 4 members (excludes halogenated alkanes) is 2. The van der Waals surface area contributed by atoms with E-state index in [-0.39, 0.29) is 48.5 Å². The van der Waals surface area contributed by atoms with Crippen molar-refractivity contribution in [2.45, 2.75) is 182 Å². The lowest BCUT2D eigenvalue weighted by Gasteiger charge is -2.24. The van der Waals surface area contributed by atoms with Crippen molar-refractivity contribution in [2.24, 2.45) is 0 Å². The fraction of sp³-hybridized carbons (Fsp3) is 0.500. The van der Waals surface area contributed by atoms with Gasteiger partial charge in [0.1, 0.15) is 46.3 Å². The van der Waals surface area contributed by atoms with Gasteiger partial charge in [-0.25, -0.2) is 19.2 Å². The monoisotopic (exact) mass is 1300 g/mol. The summed E-state index contributed by atoms with van der Waals surface area (Å²) in [5.74, 6) is 0.303. The van der Waals surface area contributed by atoms with Gasteiger partial charge >= 0.3 is 24.1 Å². The second-order valence-corrected chi connectivity index (χ2v) is 25.0. The molecule has 2 atom stereocenters. The number of carboxylic acids is 2. The Kier molecular flexibility index (Phi) is 26.2. The number of alkyl carbamates (subject to hydrolysis) is 2. The number of nitrogens with zero attached hydrogens (tertiary/aromatic N) is 6. The highest BCUT2D eigenvalue weighted by Crippen LogP contribution is 2.42. The van der Waals surface area contributed by atoms with Gasteiger partial charge in [-0.2, -0.15) is 29.9 Å². The van der Waals surface area contributed by atoms with Crippen molar-refractivity contribution in [2.75, 3.05) is 72.3 Å². The first-order chi connectivity index (χ1) is 44.9. The maximum Gasteiger partial charge on any atom is 0.407 e. The Morgan fingerprint density at radius 3 is 1.04 bits per heavy atom. The molecule has 26 nitrogen and oxygen atoms in total. The molecule has 0 aliphatic heterocycles. The van der Waals surface area contributed by atoms with Crippen molar-refractivity contribution in [1.82, 2.24) is 40.5 Å². The lowest BCUT2D eigenvalue weighted by molar-refractivity contribution is -0.139. The van der Waals surface area contributed by atoms with Crippen molar-refractivity contribution in [3.05, 3.63) is 105 Å². The number of rotatable bonds is 32. The number of benzene rings is 4. The maximum absolute atomic E-state index is 12.6. The number of ether oxygens (including phenoxy) is 6. The van der Waals surface area contributed by atoms with Gasteiger partial charge in [-0.15, -0.1) is 0 Å². The second kappa shape index (κ2) is 34.3. The van der Waals surface area contributed by atoms with Gasteiger partial charge in [0.25, 0.3) is 0 Å². The topological polar surface area (TPSA) is 366 Å². The fourth-order valence-electron chi connectivity index (χ4n) is 10.5. The molecule has 0 saturated heterocycles. The minimum Gasteiger partial charge on any atom is -0.493 e. The van der Waals surface area contributed by atoms with Crippen LogP contribution >= 0.6 is 0 Å². The molecule has 4 aromatic carbocycles. The van der Waals surface area contributed by atoms with E-state index in [9.17, 15) is 29.4 Å². The second-order valence-electron chi connectivity index (χ2n) is 25.0. The van der Waals surface area contributed by atoms with Crippen LogP contribution in [-0.2, 0) is 44.7 Å². The molecular weight excluding hydrogens is 1200 g/mol. The summed E-state index contributed by atoms with van der Waals surface area (Å²) in [6.45, 7) is 21.2. The summed E-state index contributed by atoms with van der Waals surface area (Å²) in [6.07, 6.45) is 5.54. The predicted molar refractivity (Wildman–Crippen MR) is 361 cm³/mol. The van der Waals surface area contributed by atoms with Crippen LogP contribution in [-0.4, -0.2) is 127 Å². The van der Waals surface area contributed by atoms with Crippen molar-refractivity contribution in [3.63, 3.8) is 0 Å². The molecule has 26 heteroatoms. The highest BCUT2D eigenvalue weighted by atomic mass is 16.6. The number of nitrogen functional groups attached to an aromatic ring is 2. The van der Waals surface area contributed by atoms with E-state index in [1.165, 1.54) is 0 Å². The number of aromatic nitrogens is 6. The zero-order valence-corrected chi connectivity index (χ0v) is 55.9. The molecule has 2 amide bonds. The third-order valence-corrected chi connectivity index (χ3v) is 14.4. The zero-order valence-electron chi connectivity index (χ0n) is 55.9. The molecule has 2 aromatic heterocycles. The Labute approximate surface area is 550 Å². The number of para-hydroxylation sites is 2. The summed E-state index contributed by atoms with van der Waals surface area (Å²) in [6, 6.07) is 18.0. The van der Waals surface area contributed by atoms with Crippen molar-refractivity contribution in [1.29, 1.82) is 0 Å². The molecule has 0 unspecified atom stereocenters. The van der Waals surface area contributed by atoms with Crippen LogP contribution in [0.5, 0.6) is 23.0 Å². The van der Waals surface area contributed by atoms with E-state index in [1.54, 1.807) is 41.5 Å². The van der Waals surface area contributed by atoms with E-state index in [0.717, 1.165) is 70.2 Å². The molecule has 94 heavy (non-hydrogen) atoms. The third-order valence-electron chi connectivity index (χ3n) is 14.4. The van der Waals surface area contributed by atoms with Crippen molar-refractivity contribution < 1.29 is 57.8 Å². The van der Waals surface area contributed by atoms with Crippen LogP contribution < -0.4 is 62.3 Å². The minimum atomic E-state index is -1.12. The number of nitrogens with one attached hydrogen (secondary N) is 6. The molecule has 508 valence electrons. The van der Waals surface area contributed by atoms with E-state index < -0.39 is 47.4 Å². The molecule has 7 rings (SSSR count). The third kappa shape index (κ3) is 22.3. The largest absolute Gasteiger partial charge is 0.493 e. The molecule has 8 bridgehead atoms. The van der Waals surface area contributed by atoms with Gasteiger partial charge in [0, 0.05) is 72.4 Å². The first kappa shape index (κ1) is 71.8. The van der Waals surface area contributed by atoms with Gasteiger partial charge in [0.05, 0.1) is 26.4 Å². The minimum absolute atomic E-state index is 0.0428. The van der Waals surface area contributed by atoms with E-state index in [4.69, 9.17) is 39.9 Å². The Morgan fingerprint density at radius 1 is 0.457 bits per heavy atom. The normalized spacial score (nSPS) is 12.7. The van der Waals surface area contributed by atoms with Gasteiger partial charge in [0.15, 0.2) is 0 Å². The number of carbonyl (C=O) groups excluding carboxylic acids is 2. The van der Waals surface area contributed by atoms with Gasteiger partial charge < -0.3 is 82.0 Å². The van der Waals surface area contributed by atoms with Gasteiger partial charge in [-0.1, -0.05) is 64.1 Å². The molecule has 1 aliphatic rings. The predicted octanol–water partition coefficient (Wildman–Crippen LogP) is 11.7. The SMILES string of the molecule is CCCOc1c2cccc1Cc1cc(Nc3nc(N)nc(N[C@@H](CCCCNC(=O)OC(C)(C)C)C(=O)O)n3)cc(c1OCCC)Cc1cccc(c1OCCC)Cc1cc(Nc3nc(N)nc(N[C@@H](CCCCNC(=O)OC(C)(C)C)C(=O)O)n3)cc(c1OCCC)C2. The first-order valence-electron chi connectivity index (χ1n) is 32.4. The molecule has 6 aromatic rings. The number of carbonyl (C=O) groups is 4. The van der Waals surface area contributed by atoms with Crippen LogP contribution in [0.4, 0.5) is 56.7 Å². The molecule has 12 N–H and O–H groups in total. The number of amides is 2. The summed E-state index contributed by atoms with van der Waals surface area (Å²) < 4.78 is 37.9. The summed E-state index contributed by atoms with van der Waals surface area (Å²) in [4.78, 5) is 76.2. The Balaban J connectivity index is 1.28. The molecule has 1 aliphatic carbocycles. The van der Waals surface area contributed by atoms with Gasteiger partial charge in [-0.3, -0.25) is 0 Å². The summed E-state index contributed by atoms with van der Waals surface area (Å²) in [5, 5.41) is 38.6. The summed E-state index contributed by atoms with van der Waals surface area (Å²) >= 11 is 0. The van der Waals surface area contributed by atoms with Crippen molar-refractivity contribution in [3.8, 4) is 23.0 Å².